The normalized spacial score (nSPS) is 12.4. The van der Waals surface area contributed by atoms with Gasteiger partial charge in [0, 0.05) is 12.4 Å². The second-order valence-electron chi connectivity index (χ2n) is 5.43. The molecule has 1 unspecified atom stereocenters. The highest BCUT2D eigenvalue weighted by Gasteiger charge is 2.16. The predicted molar refractivity (Wildman–Crippen MR) is 103 cm³/mol. The Morgan fingerprint density at radius 3 is 2.88 bits per heavy atom. The number of rotatable bonds is 5. The predicted octanol–water partition coefficient (Wildman–Crippen LogP) is 4.17. The zero-order chi connectivity index (χ0) is 17.2. The smallest absolute Gasteiger partial charge is 0.176 e. The van der Waals surface area contributed by atoms with Crippen LogP contribution in [0.3, 0.4) is 0 Å². The second kappa shape index (κ2) is 6.81. The number of para-hydroxylation sites is 1. The van der Waals surface area contributed by atoms with Crippen molar-refractivity contribution in [1.29, 1.82) is 0 Å². The summed E-state index contributed by atoms with van der Waals surface area (Å²) in [6.07, 6.45) is 7.30. The average Bonchev–Trinajstić information content (AvgIpc) is 3.31. The number of thiazole rings is 1. The van der Waals surface area contributed by atoms with Gasteiger partial charge in [-0.25, -0.2) is 19.6 Å². The minimum Gasteiger partial charge on any atom is -0.362 e. The van der Waals surface area contributed by atoms with Crippen LogP contribution in [0.5, 0.6) is 0 Å². The maximum Gasteiger partial charge on any atom is 0.176 e. The maximum atomic E-state index is 4.51. The summed E-state index contributed by atoms with van der Waals surface area (Å²) in [5.41, 5.74) is 2.93. The van der Waals surface area contributed by atoms with Crippen molar-refractivity contribution >= 4 is 39.3 Å². The van der Waals surface area contributed by atoms with Gasteiger partial charge in [-0.05, 0) is 30.9 Å². The van der Waals surface area contributed by atoms with Crippen LogP contribution < -0.4 is 5.32 Å². The minimum absolute atomic E-state index is 0.0540. The molecule has 6 nitrogen and oxygen atoms in total. The third-order valence-electron chi connectivity index (χ3n) is 3.85. The Hall–Kier alpha value is -2.45. The summed E-state index contributed by atoms with van der Waals surface area (Å²) in [6, 6.07) is 10.2. The molecule has 126 valence electrons. The van der Waals surface area contributed by atoms with E-state index in [0.29, 0.717) is 0 Å². The van der Waals surface area contributed by atoms with Crippen LogP contribution in [0.25, 0.3) is 16.0 Å². The number of thioether (sulfide) groups is 1. The van der Waals surface area contributed by atoms with E-state index >= 15 is 0 Å². The molecular weight excluding hydrogens is 352 g/mol. The Balaban J connectivity index is 1.70. The number of aromatic nitrogens is 5. The molecule has 1 N–H and O–H groups in total. The molecule has 0 aliphatic carbocycles. The fourth-order valence-corrected chi connectivity index (χ4v) is 4.15. The number of anilines is 1. The summed E-state index contributed by atoms with van der Waals surface area (Å²) >= 11 is 3.23. The lowest BCUT2D eigenvalue weighted by Gasteiger charge is -2.18. The van der Waals surface area contributed by atoms with E-state index in [1.807, 2.05) is 35.3 Å². The first-order valence-corrected chi connectivity index (χ1v) is 9.81. The largest absolute Gasteiger partial charge is 0.362 e. The van der Waals surface area contributed by atoms with Crippen LogP contribution >= 0.6 is 23.1 Å². The van der Waals surface area contributed by atoms with Gasteiger partial charge in [-0.15, -0.1) is 11.3 Å². The SMILES string of the molecule is CSc1nc2ncnc(NC(C)c3ccccc3-n3cccn3)c2s1. The third-order valence-corrected chi connectivity index (χ3v) is 5.89. The van der Waals surface area contributed by atoms with E-state index in [4.69, 9.17) is 0 Å². The molecule has 0 fully saturated rings. The lowest BCUT2D eigenvalue weighted by Crippen LogP contribution is -2.11. The van der Waals surface area contributed by atoms with Crippen molar-refractivity contribution in [2.24, 2.45) is 0 Å². The number of nitrogens with one attached hydrogen (secondary N) is 1. The van der Waals surface area contributed by atoms with Crippen molar-refractivity contribution in [3.05, 3.63) is 54.6 Å². The Labute approximate surface area is 153 Å². The molecule has 4 aromatic rings. The highest BCUT2D eigenvalue weighted by atomic mass is 32.2. The summed E-state index contributed by atoms with van der Waals surface area (Å²) in [6.45, 7) is 2.12. The van der Waals surface area contributed by atoms with Gasteiger partial charge in [-0.1, -0.05) is 30.0 Å². The molecule has 0 saturated heterocycles. The molecular formula is C17H16N6S2. The molecule has 0 spiro atoms. The van der Waals surface area contributed by atoms with Gasteiger partial charge in [0.05, 0.1) is 11.7 Å². The summed E-state index contributed by atoms with van der Waals surface area (Å²) in [4.78, 5) is 13.2. The van der Waals surface area contributed by atoms with Crippen LogP contribution in [0.1, 0.15) is 18.5 Å². The van der Waals surface area contributed by atoms with Crippen LogP contribution in [0.2, 0.25) is 0 Å². The summed E-state index contributed by atoms with van der Waals surface area (Å²) in [7, 11) is 0. The molecule has 8 heteroatoms. The van der Waals surface area contributed by atoms with Crippen LogP contribution in [0, 0.1) is 0 Å². The molecule has 0 saturated carbocycles. The molecule has 0 aliphatic rings. The van der Waals surface area contributed by atoms with E-state index in [-0.39, 0.29) is 6.04 Å². The standard InChI is InChI=1S/C17H16N6S2/c1-11(12-6-3-4-7-13(12)23-9-5-8-20-23)21-15-14-16(19-10-18-15)22-17(24-2)25-14/h3-11H,1-2H3,(H,18,19,21). The van der Waals surface area contributed by atoms with Crippen molar-refractivity contribution in [2.45, 2.75) is 17.3 Å². The maximum absolute atomic E-state index is 4.51. The van der Waals surface area contributed by atoms with Crippen LogP contribution in [-0.2, 0) is 0 Å². The van der Waals surface area contributed by atoms with Crippen LogP contribution in [-0.4, -0.2) is 31.0 Å². The van der Waals surface area contributed by atoms with Crippen molar-refractivity contribution in [3.63, 3.8) is 0 Å². The number of fused-ring (bicyclic) bond motifs is 1. The monoisotopic (exact) mass is 368 g/mol. The van der Waals surface area contributed by atoms with Gasteiger partial charge in [0.2, 0.25) is 0 Å². The first-order chi connectivity index (χ1) is 12.3. The van der Waals surface area contributed by atoms with E-state index in [0.717, 1.165) is 31.8 Å². The van der Waals surface area contributed by atoms with Gasteiger partial charge in [0.15, 0.2) is 9.99 Å². The fourth-order valence-electron chi connectivity index (χ4n) is 2.68. The zero-order valence-corrected chi connectivity index (χ0v) is 15.4. The van der Waals surface area contributed by atoms with Gasteiger partial charge < -0.3 is 5.32 Å². The van der Waals surface area contributed by atoms with Crippen molar-refractivity contribution < 1.29 is 0 Å². The Bertz CT molecular complexity index is 995. The number of nitrogens with zero attached hydrogens (tertiary/aromatic N) is 5. The molecule has 0 bridgehead atoms. The number of benzene rings is 1. The number of hydrogen-bond acceptors (Lipinski definition) is 7. The second-order valence-corrected chi connectivity index (χ2v) is 7.49. The molecule has 0 aliphatic heterocycles. The van der Waals surface area contributed by atoms with Gasteiger partial charge in [-0.3, -0.25) is 0 Å². The third kappa shape index (κ3) is 3.10. The molecule has 1 atom stereocenters. The number of hydrogen-bond donors (Lipinski definition) is 1. The summed E-state index contributed by atoms with van der Waals surface area (Å²) < 4.78 is 3.85. The van der Waals surface area contributed by atoms with Crippen LogP contribution in [0.4, 0.5) is 5.82 Å². The Morgan fingerprint density at radius 2 is 2.08 bits per heavy atom. The van der Waals surface area contributed by atoms with Crippen molar-refractivity contribution in [3.8, 4) is 5.69 Å². The topological polar surface area (TPSA) is 68.5 Å². The quantitative estimate of drug-likeness (QED) is 0.533. The zero-order valence-electron chi connectivity index (χ0n) is 13.7. The minimum atomic E-state index is 0.0540. The lowest BCUT2D eigenvalue weighted by atomic mass is 10.1. The lowest BCUT2D eigenvalue weighted by molar-refractivity contribution is 0.815. The highest BCUT2D eigenvalue weighted by Crippen LogP contribution is 2.33. The summed E-state index contributed by atoms with van der Waals surface area (Å²) in [5, 5.41) is 7.86. The van der Waals surface area contributed by atoms with E-state index in [9.17, 15) is 0 Å². The van der Waals surface area contributed by atoms with Crippen molar-refractivity contribution in [1.82, 2.24) is 24.7 Å². The van der Waals surface area contributed by atoms with Gasteiger partial charge in [0.25, 0.3) is 0 Å². The summed E-state index contributed by atoms with van der Waals surface area (Å²) in [5.74, 6) is 0.811. The van der Waals surface area contributed by atoms with E-state index in [1.165, 1.54) is 0 Å². The van der Waals surface area contributed by atoms with E-state index in [1.54, 1.807) is 35.6 Å². The Kier molecular flexibility index (Phi) is 4.37. The average molecular weight is 368 g/mol. The molecule has 3 aromatic heterocycles. The fraction of sp³-hybridized carbons (Fsp3) is 0.176. The van der Waals surface area contributed by atoms with E-state index in [2.05, 4.69) is 44.4 Å². The first-order valence-electron chi connectivity index (χ1n) is 7.77. The van der Waals surface area contributed by atoms with Gasteiger partial charge >= 0.3 is 0 Å². The van der Waals surface area contributed by atoms with Crippen LogP contribution in [0.15, 0.2) is 53.4 Å². The molecule has 0 amide bonds. The van der Waals surface area contributed by atoms with E-state index < -0.39 is 0 Å². The highest BCUT2D eigenvalue weighted by molar-refractivity contribution is 8.00. The van der Waals surface area contributed by atoms with Gasteiger partial charge in [0.1, 0.15) is 16.8 Å². The Morgan fingerprint density at radius 1 is 1.20 bits per heavy atom. The van der Waals surface area contributed by atoms with Crippen molar-refractivity contribution in [2.75, 3.05) is 11.6 Å². The molecule has 1 aromatic carbocycles. The molecule has 25 heavy (non-hydrogen) atoms. The molecule has 3 heterocycles. The van der Waals surface area contributed by atoms with Gasteiger partial charge in [-0.2, -0.15) is 5.10 Å². The molecule has 4 rings (SSSR count). The first kappa shape index (κ1) is 16.0. The molecule has 0 radical (unpaired) electrons.